The zero-order valence-corrected chi connectivity index (χ0v) is 12.6. The van der Waals surface area contributed by atoms with Crippen molar-refractivity contribution in [1.29, 1.82) is 0 Å². The molecule has 1 aromatic rings. The molecule has 1 aliphatic rings. The number of unbranched alkanes of at least 4 members (excludes halogenated alkanes) is 1. The van der Waals surface area contributed by atoms with Crippen LogP contribution in [0.1, 0.15) is 37.7 Å². The van der Waals surface area contributed by atoms with Crippen molar-refractivity contribution in [2.45, 2.75) is 45.7 Å². The van der Waals surface area contributed by atoms with Gasteiger partial charge >= 0.3 is 0 Å². The van der Waals surface area contributed by atoms with Crippen molar-refractivity contribution in [2.75, 3.05) is 18.1 Å². The van der Waals surface area contributed by atoms with Gasteiger partial charge in [-0.2, -0.15) is 0 Å². The molecule has 1 aliphatic heterocycles. The van der Waals surface area contributed by atoms with Crippen LogP contribution in [0, 0.1) is 6.92 Å². The van der Waals surface area contributed by atoms with Crippen LogP contribution in [0.2, 0.25) is 0 Å². The SMILES string of the molecule is CCCCN(Cc1ccc(C)o1)C1CCS(=O)(=O)C1. The molecule has 1 fully saturated rings. The van der Waals surface area contributed by atoms with E-state index in [1.54, 1.807) is 0 Å². The molecule has 0 N–H and O–H groups in total. The van der Waals surface area contributed by atoms with Gasteiger partial charge in [-0.05, 0) is 38.4 Å². The number of rotatable bonds is 6. The molecule has 0 amide bonds. The van der Waals surface area contributed by atoms with Crippen LogP contribution in [-0.2, 0) is 16.4 Å². The van der Waals surface area contributed by atoms with E-state index in [0.29, 0.717) is 18.1 Å². The molecule has 1 unspecified atom stereocenters. The monoisotopic (exact) mass is 285 g/mol. The molecule has 1 atom stereocenters. The van der Waals surface area contributed by atoms with E-state index in [-0.39, 0.29) is 6.04 Å². The summed E-state index contributed by atoms with van der Waals surface area (Å²) in [5.74, 6) is 2.47. The normalized spacial score (nSPS) is 22.2. The summed E-state index contributed by atoms with van der Waals surface area (Å²) in [6.07, 6.45) is 2.97. The fourth-order valence-electron chi connectivity index (χ4n) is 2.59. The predicted octanol–water partition coefficient (Wildman–Crippen LogP) is 2.38. The summed E-state index contributed by atoms with van der Waals surface area (Å²) >= 11 is 0. The Morgan fingerprint density at radius 3 is 2.74 bits per heavy atom. The van der Waals surface area contributed by atoms with Crippen LogP contribution < -0.4 is 0 Å². The second-order valence-corrected chi connectivity index (χ2v) is 7.62. The van der Waals surface area contributed by atoms with Gasteiger partial charge in [0.25, 0.3) is 0 Å². The van der Waals surface area contributed by atoms with Gasteiger partial charge in [0.1, 0.15) is 11.5 Å². The molecule has 0 aliphatic carbocycles. The average molecular weight is 285 g/mol. The van der Waals surface area contributed by atoms with Gasteiger partial charge in [0.2, 0.25) is 0 Å². The lowest BCUT2D eigenvalue weighted by Crippen LogP contribution is -2.36. The lowest BCUT2D eigenvalue weighted by Gasteiger charge is -2.26. The molecular formula is C14H23NO3S. The summed E-state index contributed by atoms with van der Waals surface area (Å²) in [4.78, 5) is 2.27. The van der Waals surface area contributed by atoms with E-state index in [1.165, 1.54) is 0 Å². The third-order valence-corrected chi connectivity index (χ3v) is 5.43. The molecule has 2 heterocycles. The highest BCUT2D eigenvalue weighted by atomic mass is 32.2. The molecule has 4 nitrogen and oxygen atoms in total. The van der Waals surface area contributed by atoms with Crippen molar-refractivity contribution < 1.29 is 12.8 Å². The minimum atomic E-state index is -2.82. The molecule has 0 bridgehead atoms. The molecule has 5 heteroatoms. The summed E-state index contributed by atoms with van der Waals surface area (Å²) in [7, 11) is -2.82. The van der Waals surface area contributed by atoms with Crippen molar-refractivity contribution in [2.24, 2.45) is 0 Å². The fourth-order valence-corrected chi connectivity index (χ4v) is 4.35. The van der Waals surface area contributed by atoms with E-state index < -0.39 is 9.84 Å². The zero-order valence-electron chi connectivity index (χ0n) is 11.8. The van der Waals surface area contributed by atoms with Gasteiger partial charge < -0.3 is 4.42 Å². The maximum Gasteiger partial charge on any atom is 0.151 e. The second-order valence-electron chi connectivity index (χ2n) is 5.39. The van der Waals surface area contributed by atoms with Crippen molar-refractivity contribution in [3.63, 3.8) is 0 Å². The Morgan fingerprint density at radius 1 is 1.42 bits per heavy atom. The maximum absolute atomic E-state index is 11.6. The largest absolute Gasteiger partial charge is 0.465 e. The quantitative estimate of drug-likeness (QED) is 0.805. The Kier molecular flexibility index (Phi) is 4.68. The second kappa shape index (κ2) is 6.09. The Labute approximate surface area is 115 Å². The van der Waals surface area contributed by atoms with E-state index >= 15 is 0 Å². The Morgan fingerprint density at radius 2 is 2.21 bits per heavy atom. The minimum Gasteiger partial charge on any atom is -0.465 e. The lowest BCUT2D eigenvalue weighted by atomic mass is 10.2. The summed E-state index contributed by atoms with van der Waals surface area (Å²) < 4.78 is 28.9. The number of furan rings is 1. The van der Waals surface area contributed by atoms with E-state index in [2.05, 4.69) is 11.8 Å². The highest BCUT2D eigenvalue weighted by molar-refractivity contribution is 7.91. The number of hydrogen-bond acceptors (Lipinski definition) is 4. The first kappa shape index (κ1) is 14.6. The van der Waals surface area contributed by atoms with E-state index in [1.807, 2.05) is 19.1 Å². The molecule has 1 saturated heterocycles. The smallest absolute Gasteiger partial charge is 0.151 e. The maximum atomic E-state index is 11.6. The first-order valence-corrected chi connectivity index (χ1v) is 8.82. The van der Waals surface area contributed by atoms with Gasteiger partial charge in [-0.15, -0.1) is 0 Å². The Bertz CT molecular complexity index is 507. The number of hydrogen-bond donors (Lipinski definition) is 0. The van der Waals surface area contributed by atoms with Gasteiger partial charge in [0.15, 0.2) is 9.84 Å². The first-order valence-electron chi connectivity index (χ1n) is 7.00. The highest BCUT2D eigenvalue weighted by Crippen LogP contribution is 2.21. The van der Waals surface area contributed by atoms with Crippen LogP contribution in [0.3, 0.4) is 0 Å². The van der Waals surface area contributed by atoms with Gasteiger partial charge in [-0.1, -0.05) is 13.3 Å². The van der Waals surface area contributed by atoms with Crippen LogP contribution in [-0.4, -0.2) is 37.4 Å². The third-order valence-electron chi connectivity index (χ3n) is 3.68. The molecule has 0 radical (unpaired) electrons. The molecule has 2 rings (SSSR count). The summed E-state index contributed by atoms with van der Waals surface area (Å²) in [5, 5.41) is 0. The predicted molar refractivity (Wildman–Crippen MR) is 75.8 cm³/mol. The summed E-state index contributed by atoms with van der Waals surface area (Å²) in [5.41, 5.74) is 0. The highest BCUT2D eigenvalue weighted by Gasteiger charge is 2.32. The van der Waals surface area contributed by atoms with Gasteiger partial charge in [-0.25, -0.2) is 8.42 Å². The van der Waals surface area contributed by atoms with Crippen LogP contribution in [0.15, 0.2) is 16.5 Å². The van der Waals surface area contributed by atoms with E-state index in [0.717, 1.165) is 37.3 Å². The zero-order chi connectivity index (χ0) is 13.9. The van der Waals surface area contributed by atoms with Crippen LogP contribution in [0.25, 0.3) is 0 Å². The molecule has 0 spiro atoms. The van der Waals surface area contributed by atoms with Crippen LogP contribution >= 0.6 is 0 Å². The molecule has 0 aromatic carbocycles. The van der Waals surface area contributed by atoms with Crippen LogP contribution in [0.5, 0.6) is 0 Å². The number of nitrogens with zero attached hydrogens (tertiary/aromatic N) is 1. The standard InChI is InChI=1S/C14H23NO3S/c1-3-4-8-15(10-14-6-5-12(2)18-14)13-7-9-19(16,17)11-13/h5-6,13H,3-4,7-11H2,1-2H3. The molecule has 108 valence electrons. The van der Waals surface area contributed by atoms with E-state index in [9.17, 15) is 8.42 Å². The van der Waals surface area contributed by atoms with Crippen molar-refractivity contribution in [1.82, 2.24) is 4.90 Å². The number of aryl methyl sites for hydroxylation is 1. The molecule has 1 aromatic heterocycles. The summed E-state index contributed by atoms with van der Waals surface area (Å²) in [6, 6.07) is 4.10. The third kappa shape index (κ3) is 4.08. The first-order chi connectivity index (χ1) is 9.00. The van der Waals surface area contributed by atoms with Crippen molar-refractivity contribution >= 4 is 9.84 Å². The Balaban J connectivity index is 2.03. The Hall–Kier alpha value is -0.810. The van der Waals surface area contributed by atoms with Gasteiger partial charge in [-0.3, -0.25) is 4.90 Å². The average Bonchev–Trinajstić information content (AvgIpc) is 2.90. The number of sulfone groups is 1. The van der Waals surface area contributed by atoms with Crippen molar-refractivity contribution in [3.8, 4) is 0 Å². The molecule has 0 saturated carbocycles. The van der Waals surface area contributed by atoms with Gasteiger partial charge in [0, 0.05) is 6.04 Å². The molecule has 19 heavy (non-hydrogen) atoms. The van der Waals surface area contributed by atoms with Crippen molar-refractivity contribution in [3.05, 3.63) is 23.7 Å². The van der Waals surface area contributed by atoms with Gasteiger partial charge in [0.05, 0.1) is 18.1 Å². The molecular weight excluding hydrogens is 262 g/mol. The van der Waals surface area contributed by atoms with E-state index in [4.69, 9.17) is 4.42 Å². The lowest BCUT2D eigenvalue weighted by molar-refractivity contribution is 0.184. The minimum absolute atomic E-state index is 0.155. The summed E-state index contributed by atoms with van der Waals surface area (Å²) in [6.45, 7) is 5.74. The topological polar surface area (TPSA) is 50.5 Å². The van der Waals surface area contributed by atoms with Crippen LogP contribution in [0.4, 0.5) is 0 Å². The fraction of sp³-hybridized carbons (Fsp3) is 0.714.